The smallest absolute Gasteiger partial charge is 0.268 e. The monoisotopic (exact) mass is 377 g/mol. The Morgan fingerprint density at radius 3 is 1.68 bits per heavy atom. The zero-order valence-electron chi connectivity index (χ0n) is 16.1. The Balaban J connectivity index is 3.31. The van der Waals surface area contributed by atoms with Gasteiger partial charge in [-0.05, 0) is 6.42 Å². The van der Waals surface area contributed by atoms with E-state index in [1.54, 1.807) is 0 Å². The summed E-state index contributed by atoms with van der Waals surface area (Å²) in [5.74, 6) is -0.386. The molecule has 0 aromatic rings. The van der Waals surface area contributed by atoms with E-state index in [-0.39, 0.29) is 24.7 Å². The quantitative estimate of drug-likeness (QED) is 0.267. The van der Waals surface area contributed by atoms with Gasteiger partial charge in [-0.2, -0.15) is 8.42 Å². The first-order valence-corrected chi connectivity index (χ1v) is 11.7. The molecule has 0 unspecified atom stereocenters. The zero-order valence-corrected chi connectivity index (χ0v) is 17.0. The van der Waals surface area contributed by atoms with Crippen molar-refractivity contribution in [1.82, 2.24) is 0 Å². The zero-order chi connectivity index (χ0) is 18.8. The standard InChI is InChI=1S/C19H39NO4S/c1-2-3-4-5-6-7-8-9-10-11-12-13-14-15-19(21)18-24-25(22,23)17-16-20/h2-18,20H2,1H3. The van der Waals surface area contributed by atoms with Crippen molar-refractivity contribution in [2.75, 3.05) is 18.9 Å². The average molecular weight is 378 g/mol. The van der Waals surface area contributed by atoms with Crippen molar-refractivity contribution in [3.63, 3.8) is 0 Å². The maximum absolute atomic E-state index is 11.6. The van der Waals surface area contributed by atoms with Crippen molar-refractivity contribution in [3.05, 3.63) is 0 Å². The third kappa shape index (κ3) is 18.1. The van der Waals surface area contributed by atoms with Crippen LogP contribution >= 0.6 is 0 Å². The molecule has 0 aliphatic carbocycles. The molecule has 0 amide bonds. The second-order valence-corrected chi connectivity index (χ2v) is 8.60. The first-order valence-electron chi connectivity index (χ1n) is 10.1. The summed E-state index contributed by atoms with van der Waals surface area (Å²) in [5, 5.41) is 0. The molecule has 0 saturated carbocycles. The molecular formula is C19H39NO4S. The Labute approximate surface area is 155 Å². The minimum Gasteiger partial charge on any atom is -0.329 e. The first-order chi connectivity index (χ1) is 12.0. The Morgan fingerprint density at radius 1 is 0.800 bits per heavy atom. The normalized spacial score (nSPS) is 11.8. The van der Waals surface area contributed by atoms with E-state index in [0.29, 0.717) is 6.42 Å². The number of nitrogens with two attached hydrogens (primary N) is 1. The van der Waals surface area contributed by atoms with E-state index in [1.807, 2.05) is 0 Å². The fourth-order valence-corrected chi connectivity index (χ4v) is 3.49. The first kappa shape index (κ1) is 24.5. The number of ketones is 1. The highest BCUT2D eigenvalue weighted by Gasteiger charge is 2.12. The fraction of sp³-hybridized carbons (Fsp3) is 0.947. The molecule has 0 aliphatic rings. The second-order valence-electron chi connectivity index (χ2n) is 6.84. The van der Waals surface area contributed by atoms with Crippen LogP contribution in [0.1, 0.15) is 96.8 Å². The molecule has 25 heavy (non-hydrogen) atoms. The molecule has 6 heteroatoms. The van der Waals surface area contributed by atoms with E-state index < -0.39 is 10.1 Å². The number of unbranched alkanes of at least 4 members (excludes halogenated alkanes) is 12. The lowest BCUT2D eigenvalue weighted by molar-refractivity contribution is -0.121. The summed E-state index contributed by atoms with van der Waals surface area (Å²) < 4.78 is 27.2. The predicted molar refractivity (Wildman–Crippen MR) is 104 cm³/mol. The number of carbonyl (C=O) groups is 1. The average Bonchev–Trinajstić information content (AvgIpc) is 2.57. The van der Waals surface area contributed by atoms with Crippen LogP contribution in [0.5, 0.6) is 0 Å². The van der Waals surface area contributed by atoms with Crippen LogP contribution in [0.15, 0.2) is 0 Å². The highest BCUT2D eigenvalue weighted by atomic mass is 32.2. The van der Waals surface area contributed by atoms with Gasteiger partial charge in [-0.25, -0.2) is 0 Å². The van der Waals surface area contributed by atoms with Gasteiger partial charge in [0.15, 0.2) is 5.78 Å². The number of hydrogen-bond acceptors (Lipinski definition) is 5. The van der Waals surface area contributed by atoms with E-state index >= 15 is 0 Å². The Hall–Kier alpha value is -0.460. The summed E-state index contributed by atoms with van der Waals surface area (Å²) in [7, 11) is -3.63. The summed E-state index contributed by atoms with van der Waals surface area (Å²) in [6.45, 7) is 1.91. The molecule has 0 aliphatic heterocycles. The fourth-order valence-electron chi connectivity index (χ4n) is 2.77. The molecule has 0 spiro atoms. The Bertz CT molecular complexity index is 410. The topological polar surface area (TPSA) is 86.5 Å². The van der Waals surface area contributed by atoms with Crippen LogP contribution in [0.25, 0.3) is 0 Å². The lowest BCUT2D eigenvalue weighted by Gasteiger charge is -2.04. The molecule has 0 aromatic heterocycles. The minimum atomic E-state index is -3.63. The third-order valence-corrected chi connectivity index (χ3v) is 5.54. The van der Waals surface area contributed by atoms with Crippen molar-refractivity contribution in [2.24, 2.45) is 5.73 Å². The van der Waals surface area contributed by atoms with Crippen LogP contribution < -0.4 is 5.73 Å². The van der Waals surface area contributed by atoms with Crippen molar-refractivity contribution < 1.29 is 17.4 Å². The van der Waals surface area contributed by atoms with E-state index in [0.717, 1.165) is 19.3 Å². The number of hydrogen-bond donors (Lipinski definition) is 1. The maximum Gasteiger partial charge on any atom is 0.268 e. The molecule has 150 valence electrons. The Kier molecular flexibility index (Phi) is 16.7. The van der Waals surface area contributed by atoms with E-state index in [4.69, 9.17) is 5.73 Å². The molecule has 0 atom stereocenters. The number of Topliss-reactive ketones (excluding diaryl/α,β-unsaturated/α-hetero) is 1. The second kappa shape index (κ2) is 17.0. The van der Waals surface area contributed by atoms with Gasteiger partial charge in [0.1, 0.15) is 6.61 Å². The molecule has 0 heterocycles. The number of rotatable bonds is 19. The molecule has 0 fully saturated rings. The van der Waals surface area contributed by atoms with Crippen LogP contribution in [0, 0.1) is 0 Å². The molecule has 0 aromatic carbocycles. The molecular weight excluding hydrogens is 338 g/mol. The minimum absolute atomic E-state index is 0.00931. The van der Waals surface area contributed by atoms with Crippen molar-refractivity contribution in [1.29, 1.82) is 0 Å². The van der Waals surface area contributed by atoms with E-state index in [1.165, 1.54) is 64.2 Å². The van der Waals surface area contributed by atoms with Crippen molar-refractivity contribution >= 4 is 15.9 Å². The van der Waals surface area contributed by atoms with Crippen LogP contribution in [0.4, 0.5) is 0 Å². The molecule has 0 rings (SSSR count). The lowest BCUT2D eigenvalue weighted by atomic mass is 10.0. The summed E-state index contributed by atoms with van der Waals surface area (Å²) in [6, 6.07) is 0. The van der Waals surface area contributed by atoms with Crippen LogP contribution in [-0.4, -0.2) is 33.1 Å². The summed E-state index contributed by atoms with van der Waals surface area (Å²) in [4.78, 5) is 11.6. The molecule has 0 saturated heterocycles. The lowest BCUT2D eigenvalue weighted by Crippen LogP contribution is -2.21. The van der Waals surface area contributed by atoms with Gasteiger partial charge < -0.3 is 5.73 Å². The summed E-state index contributed by atoms with van der Waals surface area (Å²) in [5.41, 5.74) is 5.17. The van der Waals surface area contributed by atoms with Gasteiger partial charge in [0.05, 0.1) is 5.75 Å². The van der Waals surface area contributed by atoms with E-state index in [2.05, 4.69) is 11.1 Å². The highest BCUT2D eigenvalue weighted by Crippen LogP contribution is 2.13. The predicted octanol–water partition coefficient (Wildman–Crippen LogP) is 4.34. The van der Waals surface area contributed by atoms with Gasteiger partial charge in [-0.3, -0.25) is 8.98 Å². The van der Waals surface area contributed by atoms with Crippen LogP contribution in [0.2, 0.25) is 0 Å². The molecule has 0 radical (unpaired) electrons. The van der Waals surface area contributed by atoms with Gasteiger partial charge >= 0.3 is 0 Å². The van der Waals surface area contributed by atoms with Gasteiger partial charge in [0, 0.05) is 13.0 Å². The Morgan fingerprint density at radius 2 is 1.24 bits per heavy atom. The highest BCUT2D eigenvalue weighted by molar-refractivity contribution is 7.86. The van der Waals surface area contributed by atoms with Crippen molar-refractivity contribution in [3.8, 4) is 0 Å². The SMILES string of the molecule is CCCCCCCCCCCCCCCC(=O)COS(=O)(=O)CCN. The van der Waals surface area contributed by atoms with Crippen molar-refractivity contribution in [2.45, 2.75) is 96.8 Å². The van der Waals surface area contributed by atoms with Gasteiger partial charge in [0.25, 0.3) is 10.1 Å². The van der Waals surface area contributed by atoms with Crippen LogP contribution in [-0.2, 0) is 19.1 Å². The van der Waals surface area contributed by atoms with E-state index in [9.17, 15) is 13.2 Å². The van der Waals surface area contributed by atoms with Gasteiger partial charge in [-0.1, -0.05) is 84.0 Å². The summed E-state index contributed by atoms with van der Waals surface area (Å²) in [6.07, 6.45) is 16.8. The van der Waals surface area contributed by atoms with Gasteiger partial charge in [-0.15, -0.1) is 0 Å². The third-order valence-electron chi connectivity index (χ3n) is 4.33. The number of carbonyl (C=O) groups excluding carboxylic acids is 1. The van der Waals surface area contributed by atoms with Gasteiger partial charge in [0.2, 0.25) is 0 Å². The summed E-state index contributed by atoms with van der Waals surface area (Å²) >= 11 is 0. The molecule has 5 nitrogen and oxygen atoms in total. The maximum atomic E-state index is 11.6. The van der Waals surface area contributed by atoms with Crippen LogP contribution in [0.3, 0.4) is 0 Å². The largest absolute Gasteiger partial charge is 0.329 e. The molecule has 0 bridgehead atoms. The molecule has 2 N–H and O–H groups in total.